The number of hydrogen-bond acceptors (Lipinski definition) is 4. The second kappa shape index (κ2) is 8.25. The quantitative estimate of drug-likeness (QED) is 0.582. The number of benzene rings is 2. The predicted octanol–water partition coefficient (Wildman–Crippen LogP) is 4.06. The summed E-state index contributed by atoms with van der Waals surface area (Å²) in [5, 5.41) is 0. The van der Waals surface area contributed by atoms with Crippen molar-refractivity contribution in [1.82, 2.24) is 4.72 Å². The summed E-state index contributed by atoms with van der Waals surface area (Å²) in [4.78, 5) is 1.29. The van der Waals surface area contributed by atoms with Crippen molar-refractivity contribution in [1.29, 1.82) is 0 Å². The van der Waals surface area contributed by atoms with E-state index < -0.39 is 10.0 Å². The van der Waals surface area contributed by atoms with E-state index in [1.807, 2.05) is 30.5 Å². The topological polar surface area (TPSA) is 55.4 Å². The van der Waals surface area contributed by atoms with Gasteiger partial charge in [0.2, 0.25) is 10.0 Å². The third kappa shape index (κ3) is 5.49. The number of thioether (sulfide) groups is 1. The Labute approximate surface area is 155 Å². The number of rotatable bonds is 7. The minimum Gasteiger partial charge on any atom is -0.492 e. The van der Waals surface area contributed by atoms with Gasteiger partial charge in [-0.25, -0.2) is 13.1 Å². The SMILES string of the molecule is CSc1ccc(S(=O)(=O)NCCOc2ccccc2C(C)(C)C)cc1. The molecule has 4 nitrogen and oxygen atoms in total. The van der Waals surface area contributed by atoms with E-state index in [1.54, 1.807) is 36.0 Å². The molecule has 0 heterocycles. The summed E-state index contributed by atoms with van der Waals surface area (Å²) in [5.41, 5.74) is 1.07. The lowest BCUT2D eigenvalue weighted by molar-refractivity contribution is 0.314. The molecule has 0 saturated heterocycles. The molecule has 2 aromatic carbocycles. The largest absolute Gasteiger partial charge is 0.492 e. The van der Waals surface area contributed by atoms with Gasteiger partial charge in [0.1, 0.15) is 12.4 Å². The van der Waals surface area contributed by atoms with Crippen molar-refractivity contribution in [2.75, 3.05) is 19.4 Å². The van der Waals surface area contributed by atoms with Gasteiger partial charge in [-0.1, -0.05) is 39.0 Å². The smallest absolute Gasteiger partial charge is 0.240 e. The van der Waals surface area contributed by atoms with Crippen molar-refractivity contribution in [2.45, 2.75) is 36.0 Å². The normalized spacial score (nSPS) is 12.2. The van der Waals surface area contributed by atoms with E-state index in [0.29, 0.717) is 0 Å². The Kier molecular flexibility index (Phi) is 6.54. The number of para-hydroxylation sites is 1. The number of nitrogens with one attached hydrogen (secondary N) is 1. The fraction of sp³-hybridized carbons (Fsp3) is 0.368. The lowest BCUT2D eigenvalue weighted by Crippen LogP contribution is -2.28. The first kappa shape index (κ1) is 19.8. The standard InChI is InChI=1S/C19H25NO3S2/c1-19(2,3)17-7-5-6-8-18(17)23-14-13-20-25(21,22)16-11-9-15(24-4)10-12-16/h5-12,20H,13-14H2,1-4H3. The van der Waals surface area contributed by atoms with Gasteiger partial charge in [0.05, 0.1) is 4.90 Å². The molecule has 6 heteroatoms. The summed E-state index contributed by atoms with van der Waals surface area (Å²) in [5.74, 6) is 0.790. The van der Waals surface area contributed by atoms with Crippen LogP contribution in [-0.2, 0) is 15.4 Å². The predicted molar refractivity (Wildman–Crippen MR) is 104 cm³/mol. The Hall–Kier alpha value is -1.50. The van der Waals surface area contributed by atoms with Gasteiger partial charge >= 0.3 is 0 Å². The summed E-state index contributed by atoms with van der Waals surface area (Å²) >= 11 is 1.58. The van der Waals surface area contributed by atoms with Crippen LogP contribution in [0.3, 0.4) is 0 Å². The molecule has 0 bridgehead atoms. The minimum absolute atomic E-state index is 0.0326. The van der Waals surface area contributed by atoms with Crippen LogP contribution >= 0.6 is 11.8 Å². The Bertz CT molecular complexity index is 794. The molecule has 25 heavy (non-hydrogen) atoms. The lowest BCUT2D eigenvalue weighted by Gasteiger charge is -2.22. The molecule has 0 aromatic heterocycles. The van der Waals surface area contributed by atoms with E-state index in [-0.39, 0.29) is 23.5 Å². The molecule has 0 spiro atoms. The van der Waals surface area contributed by atoms with Crippen molar-refractivity contribution < 1.29 is 13.2 Å². The molecule has 0 aliphatic rings. The van der Waals surface area contributed by atoms with Crippen LogP contribution < -0.4 is 9.46 Å². The van der Waals surface area contributed by atoms with Crippen LogP contribution in [0.25, 0.3) is 0 Å². The average Bonchev–Trinajstić information content (AvgIpc) is 2.58. The summed E-state index contributed by atoms with van der Waals surface area (Å²) in [6, 6.07) is 14.7. The summed E-state index contributed by atoms with van der Waals surface area (Å²) in [6.07, 6.45) is 1.95. The lowest BCUT2D eigenvalue weighted by atomic mass is 9.86. The Morgan fingerprint density at radius 3 is 2.28 bits per heavy atom. The van der Waals surface area contributed by atoms with Gasteiger partial charge < -0.3 is 4.74 Å². The molecule has 0 amide bonds. The van der Waals surface area contributed by atoms with E-state index in [4.69, 9.17) is 4.74 Å². The maximum Gasteiger partial charge on any atom is 0.240 e. The first-order valence-corrected chi connectivity index (χ1v) is 10.8. The number of ether oxygens (including phenoxy) is 1. The number of hydrogen-bond donors (Lipinski definition) is 1. The molecule has 2 aromatic rings. The molecule has 0 saturated carbocycles. The molecule has 0 radical (unpaired) electrons. The molecule has 1 N–H and O–H groups in total. The fourth-order valence-electron chi connectivity index (χ4n) is 2.39. The van der Waals surface area contributed by atoms with E-state index >= 15 is 0 Å². The second-order valence-electron chi connectivity index (χ2n) is 6.67. The van der Waals surface area contributed by atoms with Gasteiger partial charge in [-0.3, -0.25) is 0 Å². The highest BCUT2D eigenvalue weighted by Crippen LogP contribution is 2.30. The zero-order valence-electron chi connectivity index (χ0n) is 15.1. The monoisotopic (exact) mass is 379 g/mol. The highest BCUT2D eigenvalue weighted by molar-refractivity contribution is 7.98. The number of sulfonamides is 1. The fourth-order valence-corrected chi connectivity index (χ4v) is 3.81. The van der Waals surface area contributed by atoms with E-state index in [1.165, 1.54) is 0 Å². The van der Waals surface area contributed by atoms with Crippen molar-refractivity contribution in [3.05, 3.63) is 54.1 Å². The maximum atomic E-state index is 12.3. The molecule has 0 aliphatic heterocycles. The van der Waals surface area contributed by atoms with Crippen LogP contribution in [0, 0.1) is 0 Å². The van der Waals surface area contributed by atoms with Gasteiger partial charge in [-0.15, -0.1) is 11.8 Å². The zero-order valence-corrected chi connectivity index (χ0v) is 16.7. The van der Waals surface area contributed by atoms with Gasteiger partial charge in [0, 0.05) is 11.4 Å². The molecule has 0 aliphatic carbocycles. The Balaban J connectivity index is 1.95. The molecule has 0 unspecified atom stereocenters. The van der Waals surface area contributed by atoms with Crippen molar-refractivity contribution in [3.8, 4) is 5.75 Å². The molecular weight excluding hydrogens is 354 g/mol. The molecule has 136 valence electrons. The van der Waals surface area contributed by atoms with E-state index in [2.05, 4.69) is 25.5 Å². The van der Waals surface area contributed by atoms with Crippen LogP contribution in [0.1, 0.15) is 26.3 Å². The first-order chi connectivity index (χ1) is 11.7. The van der Waals surface area contributed by atoms with Gasteiger partial charge in [0.15, 0.2) is 0 Å². The molecule has 2 rings (SSSR count). The van der Waals surface area contributed by atoms with Crippen LogP contribution in [0.2, 0.25) is 0 Å². The third-order valence-corrected chi connectivity index (χ3v) is 5.94. The summed E-state index contributed by atoms with van der Waals surface area (Å²) in [6.45, 7) is 6.85. The minimum atomic E-state index is -3.52. The highest BCUT2D eigenvalue weighted by atomic mass is 32.2. The van der Waals surface area contributed by atoms with E-state index in [0.717, 1.165) is 16.2 Å². The third-order valence-electron chi connectivity index (χ3n) is 3.72. The zero-order chi connectivity index (χ0) is 18.5. The van der Waals surface area contributed by atoms with Gasteiger partial charge in [0.25, 0.3) is 0 Å². The Morgan fingerprint density at radius 2 is 1.68 bits per heavy atom. The first-order valence-electron chi connectivity index (χ1n) is 8.10. The van der Waals surface area contributed by atoms with E-state index in [9.17, 15) is 8.42 Å². The van der Waals surface area contributed by atoms with Crippen LogP contribution in [0.15, 0.2) is 58.3 Å². The van der Waals surface area contributed by atoms with Crippen molar-refractivity contribution >= 4 is 21.8 Å². The molecule has 0 fully saturated rings. The second-order valence-corrected chi connectivity index (χ2v) is 9.31. The average molecular weight is 380 g/mol. The summed E-state index contributed by atoms with van der Waals surface area (Å²) in [7, 11) is -3.52. The molecular formula is C19H25NO3S2. The van der Waals surface area contributed by atoms with Crippen molar-refractivity contribution in [2.24, 2.45) is 0 Å². The molecule has 0 atom stereocenters. The van der Waals surface area contributed by atoms with Gasteiger partial charge in [-0.2, -0.15) is 0 Å². The van der Waals surface area contributed by atoms with Crippen molar-refractivity contribution in [3.63, 3.8) is 0 Å². The highest BCUT2D eigenvalue weighted by Gasteiger charge is 2.18. The van der Waals surface area contributed by atoms with Crippen LogP contribution in [0.4, 0.5) is 0 Å². The maximum absolute atomic E-state index is 12.3. The Morgan fingerprint density at radius 1 is 1.04 bits per heavy atom. The van der Waals surface area contributed by atoms with Crippen LogP contribution in [0.5, 0.6) is 5.75 Å². The summed E-state index contributed by atoms with van der Waals surface area (Å²) < 4.78 is 33.0. The van der Waals surface area contributed by atoms with Gasteiger partial charge in [-0.05, 0) is 47.6 Å². The van der Waals surface area contributed by atoms with Crippen LogP contribution in [-0.4, -0.2) is 27.8 Å².